The third kappa shape index (κ3) is 3.54. The van der Waals surface area contributed by atoms with Crippen LogP contribution < -0.4 is 10.1 Å². The highest BCUT2D eigenvalue weighted by molar-refractivity contribution is 6.03. The van der Waals surface area contributed by atoms with Crippen molar-refractivity contribution >= 4 is 11.6 Å². The first kappa shape index (κ1) is 14.0. The summed E-state index contributed by atoms with van der Waals surface area (Å²) in [5.74, 6) is 0.918. The molecule has 0 atom stereocenters. The minimum atomic E-state index is -0.282. The Labute approximate surface area is 118 Å². The van der Waals surface area contributed by atoms with E-state index in [1.165, 1.54) is 0 Å². The number of aromatic nitrogens is 2. The van der Waals surface area contributed by atoms with Crippen LogP contribution in [0, 0.1) is 6.92 Å². The predicted octanol–water partition coefficient (Wildman–Crippen LogP) is 2.82. The lowest BCUT2D eigenvalue weighted by Crippen LogP contribution is -2.16. The molecule has 1 N–H and O–H groups in total. The quantitative estimate of drug-likeness (QED) is 0.928. The molecule has 0 spiro atoms. The Kier molecular flexibility index (Phi) is 4.30. The third-order valence-corrected chi connectivity index (χ3v) is 2.51. The van der Waals surface area contributed by atoms with Gasteiger partial charge in [0, 0.05) is 6.20 Å². The zero-order valence-electron chi connectivity index (χ0n) is 11.8. The van der Waals surface area contributed by atoms with E-state index >= 15 is 0 Å². The van der Waals surface area contributed by atoms with Gasteiger partial charge in [0.1, 0.15) is 17.3 Å². The molecule has 0 fully saturated rings. The molecule has 0 saturated heterocycles. The molecule has 5 heteroatoms. The summed E-state index contributed by atoms with van der Waals surface area (Å²) in [6, 6.07) is 8.90. The molecule has 2 aromatic rings. The lowest BCUT2D eigenvalue weighted by molar-refractivity contribution is 0.102. The van der Waals surface area contributed by atoms with Crippen molar-refractivity contribution < 1.29 is 9.53 Å². The second-order valence-electron chi connectivity index (χ2n) is 4.61. The Bertz CT molecular complexity index is 612. The molecule has 5 nitrogen and oxygen atoms in total. The van der Waals surface area contributed by atoms with Gasteiger partial charge in [-0.15, -0.1) is 0 Å². The molecule has 0 aliphatic carbocycles. The summed E-state index contributed by atoms with van der Waals surface area (Å²) >= 11 is 0. The van der Waals surface area contributed by atoms with Crippen molar-refractivity contribution in [1.29, 1.82) is 0 Å². The molecule has 1 aromatic heterocycles. The minimum Gasteiger partial charge on any atom is -0.489 e. The average molecular weight is 271 g/mol. The van der Waals surface area contributed by atoms with Crippen molar-refractivity contribution in [2.45, 2.75) is 26.9 Å². The maximum absolute atomic E-state index is 12.1. The number of hydrogen-bond donors (Lipinski definition) is 1. The number of aryl methyl sites for hydroxylation is 1. The Morgan fingerprint density at radius 2 is 2.00 bits per heavy atom. The van der Waals surface area contributed by atoms with Gasteiger partial charge in [0.05, 0.1) is 11.8 Å². The molecule has 0 unspecified atom stereocenters. The van der Waals surface area contributed by atoms with Crippen molar-refractivity contribution in [3.63, 3.8) is 0 Å². The Hall–Kier alpha value is -2.43. The molecule has 1 aromatic carbocycles. The largest absolute Gasteiger partial charge is 0.489 e. The second-order valence-corrected chi connectivity index (χ2v) is 4.61. The van der Waals surface area contributed by atoms with Crippen molar-refractivity contribution in [3.05, 3.63) is 48.0 Å². The highest BCUT2D eigenvalue weighted by Gasteiger charge is 2.11. The van der Waals surface area contributed by atoms with Crippen LogP contribution in [0.15, 0.2) is 36.5 Å². The van der Waals surface area contributed by atoms with E-state index in [-0.39, 0.29) is 12.0 Å². The summed E-state index contributed by atoms with van der Waals surface area (Å²) in [7, 11) is 0. The van der Waals surface area contributed by atoms with Crippen LogP contribution >= 0.6 is 0 Å². The number of para-hydroxylation sites is 2. The van der Waals surface area contributed by atoms with Gasteiger partial charge in [0.2, 0.25) is 0 Å². The number of benzene rings is 1. The van der Waals surface area contributed by atoms with E-state index in [1.807, 2.05) is 32.0 Å². The summed E-state index contributed by atoms with van der Waals surface area (Å²) in [6.45, 7) is 5.62. The van der Waals surface area contributed by atoms with Gasteiger partial charge in [0.25, 0.3) is 5.91 Å². The lowest BCUT2D eigenvalue weighted by atomic mass is 10.2. The first-order chi connectivity index (χ1) is 9.56. The highest BCUT2D eigenvalue weighted by atomic mass is 16.5. The van der Waals surface area contributed by atoms with E-state index in [4.69, 9.17) is 4.74 Å². The first-order valence-electron chi connectivity index (χ1n) is 6.43. The van der Waals surface area contributed by atoms with Crippen LogP contribution in [0.4, 0.5) is 5.69 Å². The zero-order chi connectivity index (χ0) is 14.5. The van der Waals surface area contributed by atoms with Gasteiger partial charge in [-0.05, 0) is 39.0 Å². The smallest absolute Gasteiger partial charge is 0.274 e. The van der Waals surface area contributed by atoms with Crippen molar-refractivity contribution in [2.75, 3.05) is 5.32 Å². The maximum atomic E-state index is 12.1. The molecule has 0 saturated carbocycles. The number of ether oxygens (including phenoxy) is 1. The van der Waals surface area contributed by atoms with Gasteiger partial charge in [-0.2, -0.15) is 0 Å². The minimum absolute atomic E-state index is 0.0364. The number of anilines is 1. The van der Waals surface area contributed by atoms with E-state index in [0.717, 1.165) is 0 Å². The normalized spacial score (nSPS) is 10.4. The number of nitrogens with one attached hydrogen (secondary N) is 1. The van der Waals surface area contributed by atoms with Crippen LogP contribution in [0.2, 0.25) is 0 Å². The molecule has 20 heavy (non-hydrogen) atoms. The summed E-state index contributed by atoms with van der Waals surface area (Å²) in [6.07, 6.45) is 1.60. The molecule has 0 aliphatic rings. The number of carbonyl (C=O) groups excluding carboxylic acids is 1. The van der Waals surface area contributed by atoms with Crippen LogP contribution in [-0.2, 0) is 0 Å². The number of nitrogens with zero attached hydrogens (tertiary/aromatic N) is 2. The molecule has 1 heterocycles. The van der Waals surface area contributed by atoms with E-state index in [1.54, 1.807) is 25.3 Å². The summed E-state index contributed by atoms with van der Waals surface area (Å²) in [4.78, 5) is 20.2. The van der Waals surface area contributed by atoms with Crippen LogP contribution in [-0.4, -0.2) is 22.0 Å². The molecule has 1 amide bonds. The molecule has 0 radical (unpaired) electrons. The van der Waals surface area contributed by atoms with E-state index in [2.05, 4.69) is 15.3 Å². The first-order valence-corrected chi connectivity index (χ1v) is 6.43. The van der Waals surface area contributed by atoms with Crippen LogP contribution in [0.25, 0.3) is 0 Å². The number of carbonyl (C=O) groups is 1. The van der Waals surface area contributed by atoms with Crippen LogP contribution in [0.5, 0.6) is 5.75 Å². The Balaban J connectivity index is 2.19. The third-order valence-electron chi connectivity index (χ3n) is 2.51. The van der Waals surface area contributed by atoms with Gasteiger partial charge < -0.3 is 10.1 Å². The van der Waals surface area contributed by atoms with Crippen molar-refractivity contribution in [3.8, 4) is 5.75 Å². The molecular formula is C15H17N3O2. The van der Waals surface area contributed by atoms with E-state index < -0.39 is 0 Å². The van der Waals surface area contributed by atoms with Crippen molar-refractivity contribution in [1.82, 2.24) is 9.97 Å². The van der Waals surface area contributed by atoms with Crippen molar-refractivity contribution in [2.24, 2.45) is 0 Å². The predicted molar refractivity (Wildman–Crippen MR) is 76.9 cm³/mol. The fourth-order valence-corrected chi connectivity index (χ4v) is 1.70. The fourth-order valence-electron chi connectivity index (χ4n) is 1.70. The van der Waals surface area contributed by atoms with Gasteiger partial charge in [-0.3, -0.25) is 4.79 Å². The second kappa shape index (κ2) is 6.14. The average Bonchev–Trinajstić information content (AvgIpc) is 2.40. The van der Waals surface area contributed by atoms with E-state index in [0.29, 0.717) is 23.0 Å². The van der Waals surface area contributed by atoms with Crippen LogP contribution in [0.3, 0.4) is 0 Å². The fraction of sp³-hybridized carbons (Fsp3) is 0.267. The number of amides is 1. The zero-order valence-corrected chi connectivity index (χ0v) is 11.8. The van der Waals surface area contributed by atoms with Gasteiger partial charge in [-0.1, -0.05) is 12.1 Å². The standard InChI is InChI=1S/C15H17N3O2/c1-10(2)20-14-7-5-4-6-12(14)18-15(19)13-8-9-16-11(3)17-13/h4-10H,1-3H3,(H,18,19). The SMILES string of the molecule is Cc1nccc(C(=O)Nc2ccccc2OC(C)C)n1. The summed E-state index contributed by atoms with van der Waals surface area (Å²) in [5.41, 5.74) is 0.958. The maximum Gasteiger partial charge on any atom is 0.274 e. The lowest BCUT2D eigenvalue weighted by Gasteiger charge is -2.14. The summed E-state index contributed by atoms with van der Waals surface area (Å²) < 4.78 is 5.66. The van der Waals surface area contributed by atoms with Gasteiger partial charge in [0.15, 0.2) is 0 Å². The topological polar surface area (TPSA) is 64.1 Å². The Morgan fingerprint density at radius 1 is 1.25 bits per heavy atom. The molecule has 0 bridgehead atoms. The molecule has 2 rings (SSSR count). The van der Waals surface area contributed by atoms with Gasteiger partial charge >= 0.3 is 0 Å². The Morgan fingerprint density at radius 3 is 2.70 bits per heavy atom. The molecular weight excluding hydrogens is 254 g/mol. The molecule has 0 aliphatic heterocycles. The van der Waals surface area contributed by atoms with Gasteiger partial charge in [-0.25, -0.2) is 9.97 Å². The highest BCUT2D eigenvalue weighted by Crippen LogP contribution is 2.25. The number of rotatable bonds is 4. The monoisotopic (exact) mass is 271 g/mol. The summed E-state index contributed by atoms with van der Waals surface area (Å²) in [5, 5.41) is 2.81. The molecule has 104 valence electrons. The number of hydrogen-bond acceptors (Lipinski definition) is 4. The van der Waals surface area contributed by atoms with Crippen LogP contribution in [0.1, 0.15) is 30.2 Å². The van der Waals surface area contributed by atoms with E-state index in [9.17, 15) is 4.79 Å².